The van der Waals surface area contributed by atoms with Gasteiger partial charge >= 0.3 is 5.97 Å². The number of hydrogen-bond acceptors (Lipinski definition) is 4. The minimum Gasteiger partial charge on any atom is -0.482 e. The Kier molecular flexibility index (Phi) is 3.86. The van der Waals surface area contributed by atoms with Crippen LogP contribution in [-0.2, 0) is 11.2 Å². The first-order valence-electron chi connectivity index (χ1n) is 5.88. The zero-order valence-corrected chi connectivity index (χ0v) is 11.0. The molecule has 18 heavy (non-hydrogen) atoms. The highest BCUT2D eigenvalue weighted by Crippen LogP contribution is 2.29. The average molecular weight is 269 g/mol. The Bertz CT molecular complexity index is 465. The van der Waals surface area contributed by atoms with Gasteiger partial charge < -0.3 is 14.7 Å². The zero-order valence-electron chi connectivity index (χ0n) is 10.1. The fourth-order valence-corrected chi connectivity index (χ4v) is 2.53. The lowest BCUT2D eigenvalue weighted by molar-refractivity contribution is -0.136. The van der Waals surface area contributed by atoms with Crippen LogP contribution in [0.5, 0.6) is 5.75 Å². The first-order valence-corrected chi connectivity index (χ1v) is 6.70. The number of rotatable bonds is 5. The largest absolute Gasteiger partial charge is 0.482 e. The van der Waals surface area contributed by atoms with Crippen LogP contribution in [0, 0.1) is 0 Å². The molecule has 1 aromatic rings. The van der Waals surface area contributed by atoms with Crippen molar-refractivity contribution in [2.45, 2.75) is 19.8 Å². The summed E-state index contributed by atoms with van der Waals surface area (Å²) in [5, 5.41) is 9.04. The Morgan fingerprint density at radius 3 is 2.72 bits per heavy atom. The summed E-state index contributed by atoms with van der Waals surface area (Å²) in [6.45, 7) is 3.42. The molecule has 1 aliphatic heterocycles. The molecule has 1 aromatic heterocycles. The summed E-state index contributed by atoms with van der Waals surface area (Å²) < 4.78 is 5.34. The molecule has 2 heterocycles. The van der Waals surface area contributed by atoms with Crippen molar-refractivity contribution in [3.8, 4) is 5.75 Å². The van der Waals surface area contributed by atoms with E-state index in [1.807, 2.05) is 6.92 Å². The Morgan fingerprint density at radius 1 is 1.50 bits per heavy atom. The van der Waals surface area contributed by atoms with Crippen LogP contribution in [0.1, 0.15) is 27.9 Å². The van der Waals surface area contributed by atoms with Gasteiger partial charge in [0.1, 0.15) is 5.75 Å². The maximum Gasteiger partial charge on any atom is 0.349 e. The van der Waals surface area contributed by atoms with E-state index in [4.69, 9.17) is 9.84 Å². The van der Waals surface area contributed by atoms with E-state index < -0.39 is 5.97 Å². The molecule has 0 radical (unpaired) electrons. The van der Waals surface area contributed by atoms with Gasteiger partial charge in [0.25, 0.3) is 5.91 Å². The van der Waals surface area contributed by atoms with Crippen molar-refractivity contribution in [3.63, 3.8) is 0 Å². The summed E-state index contributed by atoms with van der Waals surface area (Å²) in [4.78, 5) is 25.5. The average Bonchev–Trinajstić information content (AvgIpc) is 2.67. The highest BCUT2D eigenvalue weighted by atomic mass is 32.1. The Labute approximate surface area is 109 Å². The molecule has 6 heteroatoms. The molecule has 0 aliphatic carbocycles. The molecule has 5 nitrogen and oxygen atoms in total. The van der Waals surface area contributed by atoms with Crippen molar-refractivity contribution in [1.82, 2.24) is 4.90 Å². The Morgan fingerprint density at radius 2 is 2.22 bits per heavy atom. The summed E-state index contributed by atoms with van der Waals surface area (Å²) in [5.41, 5.74) is 0. The van der Waals surface area contributed by atoms with Crippen LogP contribution >= 0.6 is 11.3 Å². The molecule has 2 rings (SSSR count). The van der Waals surface area contributed by atoms with Gasteiger partial charge in [-0.2, -0.15) is 0 Å². The number of carboxylic acid groups (broad SMARTS) is 1. The summed E-state index contributed by atoms with van der Waals surface area (Å²) in [5.74, 6) is -0.786. The number of aromatic carboxylic acids is 1. The molecular weight excluding hydrogens is 254 g/mol. The monoisotopic (exact) mass is 269 g/mol. The van der Waals surface area contributed by atoms with Gasteiger partial charge in [-0.05, 0) is 18.9 Å². The number of hydrogen-bond donors (Lipinski definition) is 1. The van der Waals surface area contributed by atoms with Gasteiger partial charge in [0.15, 0.2) is 11.5 Å². The first-order chi connectivity index (χ1) is 8.61. The van der Waals surface area contributed by atoms with E-state index in [9.17, 15) is 9.59 Å². The van der Waals surface area contributed by atoms with E-state index in [1.54, 1.807) is 11.0 Å². The molecule has 1 aliphatic rings. The van der Waals surface area contributed by atoms with Gasteiger partial charge in [0.05, 0.1) is 0 Å². The normalized spacial score (nSPS) is 14.2. The molecule has 0 bridgehead atoms. The molecular formula is C12H15NO4S. The topological polar surface area (TPSA) is 66.8 Å². The molecule has 1 amide bonds. The van der Waals surface area contributed by atoms with Crippen LogP contribution in [0.15, 0.2) is 6.07 Å². The number of likely N-dealkylation sites (tertiary alicyclic amines) is 1. The van der Waals surface area contributed by atoms with Gasteiger partial charge in [0.2, 0.25) is 0 Å². The van der Waals surface area contributed by atoms with Crippen molar-refractivity contribution >= 4 is 23.2 Å². The number of carbonyl (C=O) groups is 2. The standard InChI is InChI=1S/C12H15NO4S/c1-2-8-6-9(11(18-8)12(15)16)17-7-10(14)13-4-3-5-13/h6H,2-5,7H2,1H3,(H,15,16). The first kappa shape index (κ1) is 12.9. The smallest absolute Gasteiger partial charge is 0.349 e. The van der Waals surface area contributed by atoms with Crippen LogP contribution in [0.3, 0.4) is 0 Å². The lowest BCUT2D eigenvalue weighted by Gasteiger charge is -2.30. The van der Waals surface area contributed by atoms with Crippen molar-refractivity contribution < 1.29 is 19.4 Å². The summed E-state index contributed by atoms with van der Waals surface area (Å²) in [6.07, 6.45) is 1.79. The van der Waals surface area contributed by atoms with Gasteiger partial charge in [-0.25, -0.2) is 4.79 Å². The van der Waals surface area contributed by atoms with Crippen LogP contribution in [-0.4, -0.2) is 41.6 Å². The predicted molar refractivity (Wildman–Crippen MR) is 67.3 cm³/mol. The second kappa shape index (κ2) is 5.39. The Balaban J connectivity index is 2.01. The minimum absolute atomic E-state index is 0.0816. The minimum atomic E-state index is -1.01. The molecule has 1 saturated heterocycles. The van der Waals surface area contributed by atoms with Crippen molar-refractivity contribution in [2.75, 3.05) is 19.7 Å². The molecule has 0 unspecified atom stereocenters. The van der Waals surface area contributed by atoms with E-state index >= 15 is 0 Å². The molecule has 98 valence electrons. The third-order valence-electron chi connectivity index (χ3n) is 2.85. The van der Waals surface area contributed by atoms with E-state index in [-0.39, 0.29) is 17.4 Å². The summed E-state index contributed by atoms with van der Waals surface area (Å²) >= 11 is 1.20. The predicted octanol–water partition coefficient (Wildman–Crippen LogP) is 1.62. The Hall–Kier alpha value is -1.56. The quantitative estimate of drug-likeness (QED) is 0.882. The molecule has 0 spiro atoms. The molecule has 0 saturated carbocycles. The van der Waals surface area contributed by atoms with Crippen molar-refractivity contribution in [3.05, 3.63) is 15.8 Å². The number of aryl methyl sites for hydroxylation is 1. The maximum atomic E-state index is 11.6. The van der Waals surface area contributed by atoms with E-state index in [2.05, 4.69) is 0 Å². The second-order valence-electron chi connectivity index (χ2n) is 4.09. The third kappa shape index (κ3) is 2.64. The number of thiophene rings is 1. The fourth-order valence-electron chi connectivity index (χ4n) is 1.65. The molecule has 1 N–H and O–H groups in total. The third-order valence-corrected chi connectivity index (χ3v) is 4.10. The van der Waals surface area contributed by atoms with Crippen LogP contribution < -0.4 is 4.74 Å². The maximum absolute atomic E-state index is 11.6. The number of amides is 1. The van der Waals surface area contributed by atoms with E-state index in [0.29, 0.717) is 5.75 Å². The number of nitrogens with zero attached hydrogens (tertiary/aromatic N) is 1. The molecule has 0 aromatic carbocycles. The molecule has 1 fully saturated rings. The second-order valence-corrected chi connectivity index (χ2v) is 5.22. The van der Waals surface area contributed by atoms with E-state index in [1.165, 1.54) is 11.3 Å². The van der Waals surface area contributed by atoms with Gasteiger partial charge in [-0.15, -0.1) is 11.3 Å². The highest BCUT2D eigenvalue weighted by Gasteiger charge is 2.22. The molecule has 0 atom stereocenters. The van der Waals surface area contributed by atoms with Gasteiger partial charge in [0, 0.05) is 18.0 Å². The number of carbonyl (C=O) groups excluding carboxylic acids is 1. The lowest BCUT2D eigenvalue weighted by atomic mass is 10.2. The number of carboxylic acids is 1. The van der Waals surface area contributed by atoms with Crippen molar-refractivity contribution in [2.24, 2.45) is 0 Å². The highest BCUT2D eigenvalue weighted by molar-refractivity contribution is 7.14. The van der Waals surface area contributed by atoms with Crippen molar-refractivity contribution in [1.29, 1.82) is 0 Å². The fraction of sp³-hybridized carbons (Fsp3) is 0.500. The van der Waals surface area contributed by atoms with E-state index in [0.717, 1.165) is 30.8 Å². The van der Waals surface area contributed by atoms with Crippen LogP contribution in [0.25, 0.3) is 0 Å². The lowest BCUT2D eigenvalue weighted by Crippen LogP contribution is -2.44. The van der Waals surface area contributed by atoms with Gasteiger partial charge in [-0.1, -0.05) is 6.92 Å². The van der Waals surface area contributed by atoms with Crippen LogP contribution in [0.2, 0.25) is 0 Å². The zero-order chi connectivity index (χ0) is 13.1. The van der Waals surface area contributed by atoms with Crippen LogP contribution in [0.4, 0.5) is 0 Å². The summed E-state index contributed by atoms with van der Waals surface area (Å²) in [7, 11) is 0. The summed E-state index contributed by atoms with van der Waals surface area (Å²) in [6, 6.07) is 1.71. The van der Waals surface area contributed by atoms with Gasteiger partial charge in [-0.3, -0.25) is 4.79 Å². The number of ether oxygens (including phenoxy) is 1. The SMILES string of the molecule is CCc1cc(OCC(=O)N2CCC2)c(C(=O)O)s1.